The molecule has 1 heteroatoms. The molecule has 0 spiro atoms. The highest BCUT2D eigenvalue weighted by atomic mass is 28.3. The van der Waals surface area contributed by atoms with E-state index >= 15 is 0 Å². The Hall–Kier alpha value is -1.08. The summed E-state index contributed by atoms with van der Waals surface area (Å²) in [7, 11) is -1.05. The predicted octanol–water partition coefficient (Wildman–Crippen LogP) is 5.38. The molecule has 0 fully saturated rings. The summed E-state index contributed by atoms with van der Waals surface area (Å²) in [6, 6.07) is 8.66. The predicted molar refractivity (Wildman–Crippen MR) is 103 cm³/mol. The van der Waals surface area contributed by atoms with Crippen molar-refractivity contribution < 1.29 is 0 Å². The highest BCUT2D eigenvalue weighted by molar-refractivity contribution is 6.80. The van der Waals surface area contributed by atoms with Gasteiger partial charge in [-0.2, -0.15) is 0 Å². The second-order valence-electron chi connectivity index (χ2n) is 7.18. The number of aryl methyl sites for hydroxylation is 2. The lowest BCUT2D eigenvalue weighted by atomic mass is 10.1. The summed E-state index contributed by atoms with van der Waals surface area (Å²) in [5, 5.41) is 3.41. The third kappa shape index (κ3) is 4.22. The maximum atomic E-state index is 2.54. The van der Waals surface area contributed by atoms with Crippen molar-refractivity contribution in [1.82, 2.24) is 0 Å². The van der Waals surface area contributed by atoms with Crippen LogP contribution in [0.5, 0.6) is 0 Å². The van der Waals surface area contributed by atoms with Crippen molar-refractivity contribution in [3.8, 4) is 0 Å². The summed E-state index contributed by atoms with van der Waals surface area (Å²) in [5.74, 6) is 0.667. The van der Waals surface area contributed by atoms with Crippen LogP contribution in [0.15, 0.2) is 41.1 Å². The first kappa shape index (κ1) is 17.3. The lowest BCUT2D eigenvalue weighted by molar-refractivity contribution is 0.764. The third-order valence-electron chi connectivity index (χ3n) is 4.75. The topological polar surface area (TPSA) is 0 Å². The maximum absolute atomic E-state index is 2.54. The molecule has 0 amide bonds. The molecule has 1 aliphatic carbocycles. The Morgan fingerprint density at radius 3 is 2.27 bits per heavy atom. The van der Waals surface area contributed by atoms with Crippen LogP contribution < -0.4 is 5.19 Å². The average molecular weight is 313 g/mol. The molecule has 0 N–H and O–H groups in total. The van der Waals surface area contributed by atoms with Crippen molar-refractivity contribution in [1.29, 1.82) is 0 Å². The Morgan fingerprint density at radius 2 is 1.68 bits per heavy atom. The van der Waals surface area contributed by atoms with Gasteiger partial charge in [0.1, 0.15) is 8.80 Å². The Bertz CT molecular complexity index is 543. The molecule has 0 heterocycles. The van der Waals surface area contributed by atoms with Crippen LogP contribution in [0, 0.1) is 19.8 Å². The number of unbranched alkanes of at least 4 members (excludes halogenated alkanes) is 2. The second kappa shape index (κ2) is 7.96. The van der Waals surface area contributed by atoms with Crippen LogP contribution in [0.3, 0.4) is 0 Å². The molecule has 1 aromatic carbocycles. The van der Waals surface area contributed by atoms with E-state index in [-0.39, 0.29) is 0 Å². The Balaban J connectivity index is 2.32. The Labute approximate surface area is 138 Å². The summed E-state index contributed by atoms with van der Waals surface area (Å²) in [4.78, 5) is 0. The SMILES string of the molecule is CCCCC[SiH](C1=CCC=C1C(C)C)c1cc(C)cc(C)c1. The van der Waals surface area contributed by atoms with E-state index in [1.165, 1.54) is 36.4 Å². The molecule has 1 aromatic rings. The largest absolute Gasteiger partial charge is 0.103 e. The fraction of sp³-hybridized carbons (Fsp3) is 0.524. The zero-order valence-electron chi connectivity index (χ0n) is 15.1. The highest BCUT2D eigenvalue weighted by Crippen LogP contribution is 2.30. The molecule has 0 aliphatic heterocycles. The van der Waals surface area contributed by atoms with Crippen LogP contribution in [0.2, 0.25) is 6.04 Å². The average Bonchev–Trinajstić information content (AvgIpc) is 2.91. The number of benzene rings is 1. The van der Waals surface area contributed by atoms with Gasteiger partial charge in [-0.05, 0) is 26.2 Å². The van der Waals surface area contributed by atoms with Crippen molar-refractivity contribution in [3.05, 3.63) is 52.2 Å². The van der Waals surface area contributed by atoms with Crippen LogP contribution in [0.4, 0.5) is 0 Å². The number of allylic oxidation sites excluding steroid dienone is 4. The zero-order valence-corrected chi connectivity index (χ0v) is 16.2. The van der Waals surface area contributed by atoms with Crippen LogP contribution in [0.25, 0.3) is 0 Å². The van der Waals surface area contributed by atoms with E-state index in [1.807, 2.05) is 0 Å². The number of hydrogen-bond acceptors (Lipinski definition) is 0. The van der Waals surface area contributed by atoms with Crippen LogP contribution >= 0.6 is 0 Å². The van der Waals surface area contributed by atoms with Gasteiger partial charge in [0.2, 0.25) is 0 Å². The summed E-state index contributed by atoms with van der Waals surface area (Å²) in [6.07, 6.45) is 10.3. The molecule has 0 saturated heterocycles. The van der Waals surface area contributed by atoms with E-state index < -0.39 is 8.80 Å². The zero-order chi connectivity index (χ0) is 16.1. The minimum absolute atomic E-state index is 0.667. The normalized spacial score (nSPS) is 15.9. The Kier molecular flexibility index (Phi) is 6.25. The van der Waals surface area contributed by atoms with E-state index in [2.05, 4.69) is 65.0 Å². The first-order valence-electron chi connectivity index (χ1n) is 9.01. The van der Waals surface area contributed by atoms with Gasteiger partial charge in [0, 0.05) is 0 Å². The van der Waals surface area contributed by atoms with Crippen LogP contribution in [0.1, 0.15) is 57.6 Å². The van der Waals surface area contributed by atoms with Crippen LogP contribution in [-0.2, 0) is 0 Å². The lowest BCUT2D eigenvalue weighted by Gasteiger charge is -2.23. The van der Waals surface area contributed by atoms with E-state index in [0.29, 0.717) is 5.92 Å². The van der Waals surface area contributed by atoms with Gasteiger partial charge in [-0.25, -0.2) is 0 Å². The first-order chi connectivity index (χ1) is 10.5. The molecule has 0 aromatic heterocycles. The van der Waals surface area contributed by atoms with Gasteiger partial charge in [-0.1, -0.05) is 104 Å². The van der Waals surface area contributed by atoms with E-state index in [4.69, 9.17) is 0 Å². The minimum atomic E-state index is -1.05. The molecule has 22 heavy (non-hydrogen) atoms. The summed E-state index contributed by atoms with van der Waals surface area (Å²) < 4.78 is 0. The molecule has 0 nitrogen and oxygen atoms in total. The molecular formula is C21H32Si. The Morgan fingerprint density at radius 1 is 1.00 bits per heavy atom. The third-order valence-corrected chi connectivity index (χ3v) is 8.19. The number of hydrogen-bond donors (Lipinski definition) is 0. The first-order valence-corrected chi connectivity index (χ1v) is 11.0. The van der Waals surface area contributed by atoms with Crippen molar-refractivity contribution in [2.45, 2.75) is 66.3 Å². The summed E-state index contributed by atoms with van der Waals surface area (Å²) in [6.45, 7) is 11.5. The smallest absolute Gasteiger partial charge is 0.0811 e. The molecule has 120 valence electrons. The van der Waals surface area contributed by atoms with Crippen molar-refractivity contribution in [2.75, 3.05) is 0 Å². The summed E-state index contributed by atoms with van der Waals surface area (Å²) in [5.41, 5.74) is 4.50. The molecule has 2 rings (SSSR count). The molecule has 0 saturated carbocycles. The monoisotopic (exact) mass is 312 g/mol. The molecule has 1 atom stereocenters. The molecule has 0 bridgehead atoms. The molecular weight excluding hydrogens is 280 g/mol. The number of rotatable bonds is 7. The van der Waals surface area contributed by atoms with Gasteiger partial charge >= 0.3 is 0 Å². The molecule has 0 radical (unpaired) electrons. The van der Waals surface area contributed by atoms with Gasteiger partial charge in [0.15, 0.2) is 0 Å². The van der Waals surface area contributed by atoms with Gasteiger partial charge < -0.3 is 0 Å². The van der Waals surface area contributed by atoms with Crippen LogP contribution in [-0.4, -0.2) is 8.80 Å². The van der Waals surface area contributed by atoms with Gasteiger partial charge in [-0.15, -0.1) is 0 Å². The lowest BCUT2D eigenvalue weighted by Crippen LogP contribution is -2.34. The maximum Gasteiger partial charge on any atom is 0.103 e. The quantitative estimate of drug-likeness (QED) is 0.468. The van der Waals surface area contributed by atoms with E-state index in [0.717, 1.165) is 6.42 Å². The van der Waals surface area contributed by atoms with E-state index in [9.17, 15) is 0 Å². The van der Waals surface area contributed by atoms with Crippen molar-refractivity contribution in [3.63, 3.8) is 0 Å². The van der Waals surface area contributed by atoms with Gasteiger partial charge in [-0.3, -0.25) is 0 Å². The standard InChI is InChI=1S/C21H32Si/c1-6-7-8-12-22(19-14-17(4)13-18(5)15-19)21-11-9-10-20(21)16(2)3/h10-11,13-16,22H,6-9,12H2,1-5H3. The highest BCUT2D eigenvalue weighted by Gasteiger charge is 2.25. The fourth-order valence-electron chi connectivity index (χ4n) is 3.77. The van der Waals surface area contributed by atoms with Crippen molar-refractivity contribution >= 4 is 14.0 Å². The molecule has 1 unspecified atom stereocenters. The second-order valence-corrected chi connectivity index (χ2v) is 10.1. The van der Waals surface area contributed by atoms with Crippen molar-refractivity contribution in [2.24, 2.45) is 5.92 Å². The fourth-order valence-corrected chi connectivity index (χ4v) is 7.67. The van der Waals surface area contributed by atoms with Gasteiger partial charge in [0.05, 0.1) is 0 Å². The minimum Gasteiger partial charge on any atom is -0.0811 e. The van der Waals surface area contributed by atoms with E-state index in [1.54, 1.807) is 16.0 Å². The van der Waals surface area contributed by atoms with Gasteiger partial charge in [0.25, 0.3) is 0 Å². The molecule has 1 aliphatic rings. The summed E-state index contributed by atoms with van der Waals surface area (Å²) >= 11 is 0.